The van der Waals surface area contributed by atoms with Crippen LogP contribution in [0.25, 0.3) is 0 Å². The van der Waals surface area contributed by atoms with Gasteiger partial charge in [-0.05, 0) is 37.6 Å². The first kappa shape index (κ1) is 18.0. The Hall–Kier alpha value is -1.03. The van der Waals surface area contributed by atoms with Crippen LogP contribution in [0.5, 0.6) is 0 Å². The quantitative estimate of drug-likeness (QED) is 0.710. The number of nitrogens with one attached hydrogen (secondary N) is 1. The number of hydrogen-bond acceptors (Lipinski definition) is 5. The molecular formula is C12H19FN2O4S2. The topological polar surface area (TPSA) is 106 Å². The van der Waals surface area contributed by atoms with E-state index in [-0.39, 0.29) is 11.4 Å². The molecule has 1 unspecified atom stereocenters. The summed E-state index contributed by atoms with van der Waals surface area (Å²) in [5.74, 6) is -1.00. The van der Waals surface area contributed by atoms with Gasteiger partial charge in [-0.1, -0.05) is 6.92 Å². The van der Waals surface area contributed by atoms with Gasteiger partial charge in [0.05, 0.1) is 4.90 Å². The Morgan fingerprint density at radius 1 is 1.29 bits per heavy atom. The Bertz CT molecular complexity index is 702. The maximum atomic E-state index is 13.8. The molecule has 1 atom stereocenters. The van der Waals surface area contributed by atoms with Crippen molar-refractivity contribution in [2.75, 3.05) is 12.8 Å². The number of halogens is 1. The van der Waals surface area contributed by atoms with E-state index in [0.717, 1.165) is 24.5 Å². The standard InChI is InChI=1S/C12H19FN2O4S2/c1-3-9(6-7-14)15-21(18,19)12-8-10(20(2,16)17)4-5-11(12)13/h4-5,8-9,15H,3,6-7,14H2,1-2H3. The molecule has 21 heavy (non-hydrogen) atoms. The zero-order chi connectivity index (χ0) is 16.3. The molecule has 0 amide bonds. The molecule has 0 spiro atoms. The average molecular weight is 338 g/mol. The Morgan fingerprint density at radius 3 is 2.38 bits per heavy atom. The van der Waals surface area contributed by atoms with Gasteiger partial charge in [-0.2, -0.15) is 0 Å². The van der Waals surface area contributed by atoms with Crippen molar-refractivity contribution in [1.29, 1.82) is 0 Å². The van der Waals surface area contributed by atoms with Crippen LogP contribution in [-0.4, -0.2) is 35.7 Å². The first-order chi connectivity index (χ1) is 9.61. The van der Waals surface area contributed by atoms with Crippen LogP contribution < -0.4 is 10.5 Å². The van der Waals surface area contributed by atoms with Crippen LogP contribution in [0, 0.1) is 5.82 Å². The predicted molar refractivity (Wildman–Crippen MR) is 77.6 cm³/mol. The van der Waals surface area contributed by atoms with E-state index >= 15 is 0 Å². The lowest BCUT2D eigenvalue weighted by Crippen LogP contribution is -2.36. The zero-order valence-corrected chi connectivity index (χ0v) is 13.5. The van der Waals surface area contributed by atoms with E-state index < -0.39 is 36.6 Å². The van der Waals surface area contributed by atoms with E-state index in [1.807, 2.05) is 0 Å². The van der Waals surface area contributed by atoms with Gasteiger partial charge in [-0.15, -0.1) is 0 Å². The van der Waals surface area contributed by atoms with Gasteiger partial charge >= 0.3 is 0 Å². The van der Waals surface area contributed by atoms with Crippen molar-refractivity contribution in [1.82, 2.24) is 4.72 Å². The van der Waals surface area contributed by atoms with Gasteiger partial charge in [0.15, 0.2) is 9.84 Å². The van der Waals surface area contributed by atoms with E-state index in [1.54, 1.807) is 6.92 Å². The maximum Gasteiger partial charge on any atom is 0.243 e. The number of nitrogens with two attached hydrogens (primary N) is 1. The summed E-state index contributed by atoms with van der Waals surface area (Å²) in [6.07, 6.45) is 1.82. The summed E-state index contributed by atoms with van der Waals surface area (Å²) in [7, 11) is -7.78. The molecule has 1 rings (SSSR count). The van der Waals surface area contributed by atoms with Gasteiger partial charge in [0.2, 0.25) is 10.0 Å². The Kier molecular flexibility index (Phi) is 5.85. The molecule has 0 aliphatic rings. The van der Waals surface area contributed by atoms with Crippen LogP contribution in [0.2, 0.25) is 0 Å². The number of sulfonamides is 1. The molecule has 0 aromatic heterocycles. The van der Waals surface area contributed by atoms with E-state index in [4.69, 9.17) is 5.73 Å². The highest BCUT2D eigenvalue weighted by molar-refractivity contribution is 7.91. The molecule has 0 fully saturated rings. The van der Waals surface area contributed by atoms with Gasteiger partial charge in [-0.3, -0.25) is 0 Å². The summed E-state index contributed by atoms with van der Waals surface area (Å²) >= 11 is 0. The third kappa shape index (κ3) is 4.73. The number of sulfone groups is 1. The minimum absolute atomic E-state index is 0.254. The monoisotopic (exact) mass is 338 g/mol. The fourth-order valence-corrected chi connectivity index (χ4v) is 3.93. The minimum Gasteiger partial charge on any atom is -0.330 e. The summed E-state index contributed by atoms with van der Waals surface area (Å²) in [5.41, 5.74) is 5.39. The molecule has 0 heterocycles. The van der Waals surface area contributed by atoms with Crippen molar-refractivity contribution in [2.45, 2.75) is 35.6 Å². The largest absolute Gasteiger partial charge is 0.330 e. The van der Waals surface area contributed by atoms with Crippen molar-refractivity contribution in [3.8, 4) is 0 Å². The van der Waals surface area contributed by atoms with Crippen LogP contribution in [0.3, 0.4) is 0 Å². The van der Waals surface area contributed by atoms with E-state index in [2.05, 4.69) is 4.72 Å². The SMILES string of the molecule is CCC(CCN)NS(=O)(=O)c1cc(S(C)(=O)=O)ccc1F. The summed E-state index contributed by atoms with van der Waals surface area (Å²) < 4.78 is 63.4. The van der Waals surface area contributed by atoms with Crippen LogP contribution >= 0.6 is 0 Å². The molecule has 6 nitrogen and oxygen atoms in total. The smallest absolute Gasteiger partial charge is 0.243 e. The Morgan fingerprint density at radius 2 is 1.90 bits per heavy atom. The van der Waals surface area contributed by atoms with Gasteiger partial charge in [0, 0.05) is 12.3 Å². The highest BCUT2D eigenvalue weighted by Crippen LogP contribution is 2.20. The van der Waals surface area contributed by atoms with Crippen LogP contribution in [-0.2, 0) is 19.9 Å². The molecule has 0 bridgehead atoms. The zero-order valence-electron chi connectivity index (χ0n) is 11.8. The third-order valence-electron chi connectivity index (χ3n) is 2.95. The normalized spacial score (nSPS) is 14.1. The predicted octanol–water partition coefficient (Wildman–Crippen LogP) is 0.635. The lowest BCUT2D eigenvalue weighted by Gasteiger charge is -2.16. The number of benzene rings is 1. The molecule has 1 aromatic rings. The Balaban J connectivity index is 3.25. The molecule has 3 N–H and O–H groups in total. The molecule has 120 valence electrons. The number of rotatable bonds is 7. The molecule has 0 radical (unpaired) electrons. The van der Waals surface area contributed by atoms with Gasteiger partial charge in [0.1, 0.15) is 10.7 Å². The van der Waals surface area contributed by atoms with E-state index in [0.29, 0.717) is 12.8 Å². The molecule has 1 aromatic carbocycles. The second kappa shape index (κ2) is 6.82. The lowest BCUT2D eigenvalue weighted by atomic mass is 10.2. The number of hydrogen-bond donors (Lipinski definition) is 2. The van der Waals surface area contributed by atoms with Crippen molar-refractivity contribution in [2.24, 2.45) is 5.73 Å². The molecule has 0 aliphatic carbocycles. The Labute approximate surface area is 124 Å². The summed E-state index contributed by atoms with van der Waals surface area (Å²) in [4.78, 5) is -0.933. The third-order valence-corrected chi connectivity index (χ3v) is 5.60. The molecule has 0 saturated carbocycles. The summed E-state index contributed by atoms with van der Waals surface area (Å²) in [5, 5.41) is 0. The molecule has 0 aliphatic heterocycles. The summed E-state index contributed by atoms with van der Waals surface area (Å²) in [6, 6.07) is 2.25. The van der Waals surface area contributed by atoms with Crippen LogP contribution in [0.1, 0.15) is 19.8 Å². The lowest BCUT2D eigenvalue weighted by molar-refractivity contribution is 0.512. The van der Waals surface area contributed by atoms with Crippen LogP contribution in [0.4, 0.5) is 4.39 Å². The first-order valence-corrected chi connectivity index (χ1v) is 9.71. The van der Waals surface area contributed by atoms with Gasteiger partial charge < -0.3 is 5.73 Å². The highest BCUT2D eigenvalue weighted by atomic mass is 32.2. The van der Waals surface area contributed by atoms with Gasteiger partial charge in [0.25, 0.3) is 0 Å². The maximum absolute atomic E-state index is 13.8. The molecule has 9 heteroatoms. The molecule has 0 saturated heterocycles. The summed E-state index contributed by atoms with van der Waals surface area (Å²) in [6.45, 7) is 2.05. The highest BCUT2D eigenvalue weighted by Gasteiger charge is 2.24. The van der Waals surface area contributed by atoms with Crippen molar-refractivity contribution < 1.29 is 21.2 Å². The first-order valence-electron chi connectivity index (χ1n) is 6.33. The van der Waals surface area contributed by atoms with Crippen molar-refractivity contribution in [3.05, 3.63) is 24.0 Å². The van der Waals surface area contributed by atoms with Crippen molar-refractivity contribution >= 4 is 19.9 Å². The van der Waals surface area contributed by atoms with E-state index in [9.17, 15) is 21.2 Å². The van der Waals surface area contributed by atoms with Gasteiger partial charge in [-0.25, -0.2) is 25.9 Å². The fraction of sp³-hybridized carbons (Fsp3) is 0.500. The van der Waals surface area contributed by atoms with Crippen molar-refractivity contribution in [3.63, 3.8) is 0 Å². The average Bonchev–Trinajstić information content (AvgIpc) is 2.36. The second-order valence-corrected chi connectivity index (χ2v) is 8.37. The molecular weight excluding hydrogens is 319 g/mol. The van der Waals surface area contributed by atoms with E-state index in [1.165, 1.54) is 0 Å². The minimum atomic E-state index is -4.15. The fourth-order valence-electron chi connectivity index (χ4n) is 1.75. The second-order valence-electron chi connectivity index (χ2n) is 4.67. The van der Waals surface area contributed by atoms with Crippen LogP contribution in [0.15, 0.2) is 28.0 Å².